The molecule has 3 aromatic carbocycles. The normalized spacial score (nSPS) is 11.3. The number of rotatable bonds is 8. The van der Waals surface area contributed by atoms with Crippen molar-refractivity contribution in [1.82, 2.24) is 5.43 Å². The maximum Gasteiger partial charge on any atom is 0.339 e. The molecular formula is C22H18Cl2N2O6S. The largest absolute Gasteiger partial charge is 0.493 e. The van der Waals surface area contributed by atoms with Crippen LogP contribution in [0.15, 0.2) is 70.7 Å². The molecule has 0 spiro atoms. The molecular weight excluding hydrogens is 491 g/mol. The SMILES string of the molecule is COc1ccc(C(=O)N/N=C/c2ccc(OS(=O)(=O)c3ccc(Cl)cc3)c(Cl)c2)cc1OC. The van der Waals surface area contributed by atoms with Crippen LogP contribution in [-0.2, 0) is 10.1 Å². The number of hydrogen-bond acceptors (Lipinski definition) is 7. The van der Waals surface area contributed by atoms with Gasteiger partial charge in [-0.3, -0.25) is 4.79 Å². The minimum Gasteiger partial charge on any atom is -0.493 e. The summed E-state index contributed by atoms with van der Waals surface area (Å²) in [6.07, 6.45) is 1.35. The average Bonchev–Trinajstić information content (AvgIpc) is 2.80. The molecule has 0 bridgehead atoms. The Morgan fingerprint density at radius 3 is 2.21 bits per heavy atom. The van der Waals surface area contributed by atoms with Gasteiger partial charge in [-0.2, -0.15) is 13.5 Å². The summed E-state index contributed by atoms with van der Waals surface area (Å²) in [5.41, 5.74) is 3.21. The lowest BCUT2D eigenvalue weighted by Gasteiger charge is -2.09. The number of nitrogens with one attached hydrogen (secondary N) is 1. The predicted octanol–water partition coefficient (Wildman–Crippen LogP) is 4.54. The summed E-state index contributed by atoms with van der Waals surface area (Å²) in [5, 5.41) is 4.33. The zero-order chi connectivity index (χ0) is 24.0. The van der Waals surface area contributed by atoms with Crippen LogP contribution in [0.3, 0.4) is 0 Å². The van der Waals surface area contributed by atoms with Crippen LogP contribution < -0.4 is 19.1 Å². The van der Waals surface area contributed by atoms with Crippen molar-refractivity contribution in [1.29, 1.82) is 0 Å². The Bertz CT molecular complexity index is 1290. The Balaban J connectivity index is 1.67. The highest BCUT2D eigenvalue weighted by molar-refractivity contribution is 7.87. The second kappa shape index (κ2) is 10.6. The van der Waals surface area contributed by atoms with Crippen molar-refractivity contribution < 1.29 is 26.9 Å². The molecule has 0 saturated carbocycles. The van der Waals surface area contributed by atoms with Crippen molar-refractivity contribution in [2.75, 3.05) is 14.2 Å². The van der Waals surface area contributed by atoms with E-state index >= 15 is 0 Å². The van der Waals surface area contributed by atoms with Crippen molar-refractivity contribution in [2.45, 2.75) is 4.90 Å². The van der Waals surface area contributed by atoms with Gasteiger partial charge in [-0.15, -0.1) is 0 Å². The van der Waals surface area contributed by atoms with Crippen LogP contribution >= 0.6 is 23.2 Å². The predicted molar refractivity (Wildman–Crippen MR) is 125 cm³/mol. The number of hydrazone groups is 1. The van der Waals surface area contributed by atoms with Crippen LogP contribution in [-0.4, -0.2) is 34.8 Å². The third-order valence-electron chi connectivity index (χ3n) is 4.28. The molecule has 0 aliphatic heterocycles. The number of carbonyl (C=O) groups is 1. The number of benzene rings is 3. The Hall–Kier alpha value is -3.27. The van der Waals surface area contributed by atoms with E-state index in [2.05, 4.69) is 10.5 Å². The minimum absolute atomic E-state index is 0.0442. The number of ether oxygens (including phenoxy) is 2. The van der Waals surface area contributed by atoms with Gasteiger partial charge < -0.3 is 13.7 Å². The Kier molecular flexibility index (Phi) is 7.80. The molecule has 33 heavy (non-hydrogen) atoms. The van der Waals surface area contributed by atoms with Crippen molar-refractivity contribution in [3.63, 3.8) is 0 Å². The first-order valence-electron chi connectivity index (χ1n) is 9.28. The summed E-state index contributed by atoms with van der Waals surface area (Å²) < 4.78 is 40.2. The van der Waals surface area contributed by atoms with Crippen molar-refractivity contribution >= 4 is 45.4 Å². The van der Waals surface area contributed by atoms with E-state index in [9.17, 15) is 13.2 Å². The minimum atomic E-state index is -4.09. The van der Waals surface area contributed by atoms with Gasteiger partial charge in [0, 0.05) is 10.6 Å². The van der Waals surface area contributed by atoms with E-state index < -0.39 is 16.0 Å². The molecule has 0 fully saturated rings. The average molecular weight is 509 g/mol. The van der Waals surface area contributed by atoms with E-state index in [1.807, 2.05) is 0 Å². The van der Waals surface area contributed by atoms with E-state index in [1.54, 1.807) is 12.1 Å². The summed E-state index contributed by atoms with van der Waals surface area (Å²) in [5.74, 6) is 0.378. The molecule has 0 aromatic heterocycles. The number of carbonyl (C=O) groups excluding carboxylic acids is 1. The van der Waals surface area contributed by atoms with Gasteiger partial charge in [-0.25, -0.2) is 5.43 Å². The molecule has 3 rings (SSSR count). The highest BCUT2D eigenvalue weighted by Crippen LogP contribution is 2.29. The van der Waals surface area contributed by atoms with E-state index in [1.165, 1.54) is 69.0 Å². The van der Waals surface area contributed by atoms with Crippen LogP contribution in [0.2, 0.25) is 10.0 Å². The van der Waals surface area contributed by atoms with Gasteiger partial charge in [0.2, 0.25) is 0 Å². The van der Waals surface area contributed by atoms with Gasteiger partial charge in [0.05, 0.1) is 25.5 Å². The molecule has 0 radical (unpaired) electrons. The molecule has 0 unspecified atom stereocenters. The van der Waals surface area contributed by atoms with E-state index in [-0.39, 0.29) is 15.7 Å². The fourth-order valence-electron chi connectivity index (χ4n) is 2.64. The van der Waals surface area contributed by atoms with E-state index in [0.29, 0.717) is 27.6 Å². The highest BCUT2D eigenvalue weighted by Gasteiger charge is 2.18. The summed E-state index contributed by atoms with van der Waals surface area (Å²) >= 11 is 11.9. The fraction of sp³-hybridized carbons (Fsp3) is 0.0909. The topological polar surface area (TPSA) is 103 Å². The molecule has 172 valence electrons. The molecule has 11 heteroatoms. The van der Waals surface area contributed by atoms with Gasteiger partial charge in [0.25, 0.3) is 5.91 Å². The first kappa shape index (κ1) is 24.4. The standard InChI is InChI=1S/C22H18Cl2N2O6S/c1-30-20-10-4-15(12-21(20)31-2)22(27)26-25-13-14-3-9-19(18(24)11-14)32-33(28,29)17-7-5-16(23)6-8-17/h3-13H,1-2H3,(H,26,27)/b25-13+. The molecule has 0 saturated heterocycles. The molecule has 0 aliphatic carbocycles. The van der Waals surface area contributed by atoms with Crippen molar-refractivity contribution in [3.05, 3.63) is 81.8 Å². The summed E-state index contributed by atoms with van der Waals surface area (Å²) in [7, 11) is -1.12. The third-order valence-corrected chi connectivity index (χ3v) is 6.08. The Morgan fingerprint density at radius 1 is 0.909 bits per heavy atom. The van der Waals surface area contributed by atoms with Crippen LogP contribution in [0.4, 0.5) is 0 Å². The molecule has 0 aliphatic rings. The van der Waals surface area contributed by atoms with Gasteiger partial charge in [-0.05, 0) is 66.2 Å². The monoisotopic (exact) mass is 508 g/mol. The second-order valence-electron chi connectivity index (χ2n) is 6.45. The lowest BCUT2D eigenvalue weighted by Crippen LogP contribution is -2.17. The Morgan fingerprint density at radius 2 is 1.58 bits per heavy atom. The zero-order valence-electron chi connectivity index (χ0n) is 17.4. The number of halogens is 2. The van der Waals surface area contributed by atoms with E-state index in [4.69, 9.17) is 36.9 Å². The van der Waals surface area contributed by atoms with Gasteiger partial charge >= 0.3 is 10.1 Å². The molecule has 0 heterocycles. The fourth-order valence-corrected chi connectivity index (χ4v) is 3.99. The van der Waals surface area contributed by atoms with Crippen LogP contribution in [0, 0.1) is 0 Å². The molecule has 0 atom stereocenters. The number of hydrogen-bond donors (Lipinski definition) is 1. The number of nitrogens with zero attached hydrogens (tertiary/aromatic N) is 1. The van der Waals surface area contributed by atoms with Crippen LogP contribution in [0.5, 0.6) is 17.2 Å². The first-order valence-corrected chi connectivity index (χ1v) is 11.4. The molecule has 3 aromatic rings. The summed E-state index contributed by atoms with van der Waals surface area (Å²) in [6, 6.07) is 14.6. The summed E-state index contributed by atoms with van der Waals surface area (Å²) in [6.45, 7) is 0. The lowest BCUT2D eigenvalue weighted by molar-refractivity contribution is 0.0954. The first-order chi connectivity index (χ1) is 15.7. The smallest absolute Gasteiger partial charge is 0.339 e. The van der Waals surface area contributed by atoms with Crippen LogP contribution in [0.25, 0.3) is 0 Å². The van der Waals surface area contributed by atoms with Crippen LogP contribution in [0.1, 0.15) is 15.9 Å². The molecule has 1 N–H and O–H groups in total. The van der Waals surface area contributed by atoms with Crippen molar-refractivity contribution in [2.24, 2.45) is 5.10 Å². The summed E-state index contributed by atoms with van der Waals surface area (Å²) in [4.78, 5) is 12.2. The van der Waals surface area contributed by atoms with Gasteiger partial charge in [0.15, 0.2) is 17.2 Å². The molecule has 1 amide bonds. The zero-order valence-corrected chi connectivity index (χ0v) is 19.7. The quantitative estimate of drug-likeness (QED) is 0.272. The lowest BCUT2D eigenvalue weighted by atomic mass is 10.2. The third kappa shape index (κ3) is 6.16. The van der Waals surface area contributed by atoms with Gasteiger partial charge in [0.1, 0.15) is 4.90 Å². The number of amides is 1. The maximum atomic E-state index is 12.4. The maximum absolute atomic E-state index is 12.4. The highest BCUT2D eigenvalue weighted by atomic mass is 35.5. The van der Waals surface area contributed by atoms with Crippen molar-refractivity contribution in [3.8, 4) is 17.2 Å². The Labute approximate surface area is 200 Å². The van der Waals surface area contributed by atoms with E-state index in [0.717, 1.165) is 0 Å². The number of methoxy groups -OCH3 is 2. The van der Waals surface area contributed by atoms with Gasteiger partial charge in [-0.1, -0.05) is 23.2 Å². The second-order valence-corrected chi connectivity index (χ2v) is 8.84. The molecule has 8 nitrogen and oxygen atoms in total.